The molecule has 0 spiro atoms. The second kappa shape index (κ2) is 5.10. The lowest BCUT2D eigenvalue weighted by molar-refractivity contribution is -0.305. The summed E-state index contributed by atoms with van der Waals surface area (Å²) in [5.74, 6) is -1.35. The number of methoxy groups -OCH3 is 4. The zero-order valence-corrected chi connectivity index (χ0v) is 11.3. The summed E-state index contributed by atoms with van der Waals surface area (Å²) in [4.78, 5) is -0.156. The molecule has 5 heteroatoms. The molecule has 1 aliphatic rings. The standard InChI is InChI=1S/C10H19BrO4/c1-12-9(13-2)6-5-7-10(14-3,15-4)8(9)11/h8H,5-7H2,1-4H3. The first-order chi connectivity index (χ1) is 7.10. The predicted molar refractivity (Wildman–Crippen MR) is 60.1 cm³/mol. The Labute approximate surface area is 99.3 Å². The Bertz CT molecular complexity index is 182. The van der Waals surface area contributed by atoms with Gasteiger partial charge >= 0.3 is 0 Å². The lowest BCUT2D eigenvalue weighted by atomic mass is 9.88. The Morgan fingerprint density at radius 3 is 1.47 bits per heavy atom. The van der Waals surface area contributed by atoms with E-state index in [4.69, 9.17) is 18.9 Å². The van der Waals surface area contributed by atoms with Crippen molar-refractivity contribution < 1.29 is 18.9 Å². The molecule has 0 aliphatic heterocycles. The minimum absolute atomic E-state index is 0.156. The average molecular weight is 283 g/mol. The van der Waals surface area contributed by atoms with Gasteiger partial charge in [0.25, 0.3) is 0 Å². The minimum atomic E-state index is -0.676. The molecule has 0 radical (unpaired) electrons. The van der Waals surface area contributed by atoms with Crippen molar-refractivity contribution in [3.8, 4) is 0 Å². The summed E-state index contributed by atoms with van der Waals surface area (Å²) in [5, 5.41) is 0. The molecule has 4 nitrogen and oxygen atoms in total. The Hall–Kier alpha value is 0.320. The number of hydrogen-bond acceptors (Lipinski definition) is 4. The van der Waals surface area contributed by atoms with Crippen LogP contribution in [0.25, 0.3) is 0 Å². The van der Waals surface area contributed by atoms with E-state index in [1.165, 1.54) is 0 Å². The van der Waals surface area contributed by atoms with Crippen LogP contribution in [-0.4, -0.2) is 44.8 Å². The minimum Gasteiger partial charge on any atom is -0.352 e. The molecule has 0 N–H and O–H groups in total. The van der Waals surface area contributed by atoms with E-state index >= 15 is 0 Å². The van der Waals surface area contributed by atoms with Crippen LogP contribution < -0.4 is 0 Å². The van der Waals surface area contributed by atoms with Crippen molar-refractivity contribution in [1.82, 2.24) is 0 Å². The van der Waals surface area contributed by atoms with Crippen molar-refractivity contribution >= 4 is 15.9 Å². The Balaban J connectivity index is 2.95. The number of alkyl halides is 1. The third kappa shape index (κ3) is 2.08. The van der Waals surface area contributed by atoms with Crippen molar-refractivity contribution in [2.24, 2.45) is 0 Å². The van der Waals surface area contributed by atoms with Gasteiger partial charge in [-0.2, -0.15) is 0 Å². The third-order valence-electron chi connectivity index (χ3n) is 3.20. The quantitative estimate of drug-likeness (QED) is 0.583. The van der Waals surface area contributed by atoms with Crippen LogP contribution in [0.2, 0.25) is 0 Å². The maximum absolute atomic E-state index is 5.47. The first kappa shape index (κ1) is 13.4. The predicted octanol–water partition coefficient (Wildman–Crippen LogP) is 1.91. The molecule has 1 aliphatic carbocycles. The van der Waals surface area contributed by atoms with E-state index < -0.39 is 11.6 Å². The van der Waals surface area contributed by atoms with Crippen LogP contribution in [0.4, 0.5) is 0 Å². The van der Waals surface area contributed by atoms with E-state index in [1.54, 1.807) is 28.4 Å². The van der Waals surface area contributed by atoms with Crippen LogP contribution in [0.1, 0.15) is 19.3 Å². The second-order valence-corrected chi connectivity index (χ2v) is 4.57. The van der Waals surface area contributed by atoms with Gasteiger partial charge in [0.05, 0.1) is 0 Å². The molecule has 0 amide bonds. The molecular formula is C10H19BrO4. The second-order valence-electron chi connectivity index (χ2n) is 3.66. The van der Waals surface area contributed by atoms with E-state index in [1.807, 2.05) is 0 Å². The molecule has 1 rings (SSSR count). The summed E-state index contributed by atoms with van der Waals surface area (Å²) in [7, 11) is 6.55. The highest BCUT2D eigenvalue weighted by Crippen LogP contribution is 2.44. The molecule has 0 aromatic carbocycles. The summed E-state index contributed by atoms with van der Waals surface area (Å²) in [5.41, 5.74) is 0. The molecule has 0 bridgehead atoms. The van der Waals surface area contributed by atoms with Gasteiger partial charge in [0, 0.05) is 41.3 Å². The maximum atomic E-state index is 5.47. The number of rotatable bonds is 4. The van der Waals surface area contributed by atoms with Crippen LogP contribution in [0.15, 0.2) is 0 Å². The van der Waals surface area contributed by atoms with E-state index in [2.05, 4.69) is 15.9 Å². The molecule has 0 aromatic rings. The van der Waals surface area contributed by atoms with Gasteiger partial charge in [-0.15, -0.1) is 0 Å². The van der Waals surface area contributed by atoms with Crippen molar-refractivity contribution in [2.75, 3.05) is 28.4 Å². The van der Waals surface area contributed by atoms with Gasteiger partial charge in [-0.1, -0.05) is 15.9 Å². The maximum Gasteiger partial charge on any atom is 0.185 e. The van der Waals surface area contributed by atoms with Crippen LogP contribution in [-0.2, 0) is 18.9 Å². The van der Waals surface area contributed by atoms with Gasteiger partial charge in [0.2, 0.25) is 0 Å². The van der Waals surface area contributed by atoms with Gasteiger partial charge < -0.3 is 18.9 Å². The van der Waals surface area contributed by atoms with E-state index in [-0.39, 0.29) is 4.83 Å². The number of halogens is 1. The number of hydrogen-bond donors (Lipinski definition) is 0. The fourth-order valence-electron chi connectivity index (χ4n) is 2.16. The molecule has 1 saturated carbocycles. The van der Waals surface area contributed by atoms with Crippen molar-refractivity contribution in [3.05, 3.63) is 0 Å². The van der Waals surface area contributed by atoms with E-state index in [0.717, 1.165) is 19.3 Å². The molecule has 0 aromatic heterocycles. The molecule has 0 unspecified atom stereocenters. The summed E-state index contributed by atoms with van der Waals surface area (Å²) >= 11 is 3.58. The number of ether oxygens (including phenoxy) is 4. The Kier molecular flexibility index (Phi) is 4.55. The Morgan fingerprint density at radius 1 is 0.867 bits per heavy atom. The molecule has 0 atom stereocenters. The lowest BCUT2D eigenvalue weighted by Crippen LogP contribution is -2.60. The highest BCUT2D eigenvalue weighted by Gasteiger charge is 2.55. The van der Waals surface area contributed by atoms with Crippen LogP contribution in [0.3, 0.4) is 0 Å². The molecule has 90 valence electrons. The topological polar surface area (TPSA) is 36.9 Å². The molecule has 0 saturated heterocycles. The average Bonchev–Trinajstić information content (AvgIpc) is 2.30. The first-order valence-corrected chi connectivity index (χ1v) is 5.87. The highest BCUT2D eigenvalue weighted by molar-refractivity contribution is 9.09. The smallest absolute Gasteiger partial charge is 0.185 e. The van der Waals surface area contributed by atoms with Crippen molar-refractivity contribution in [2.45, 2.75) is 35.7 Å². The largest absolute Gasteiger partial charge is 0.352 e. The van der Waals surface area contributed by atoms with Gasteiger partial charge in [0.15, 0.2) is 11.6 Å². The van der Waals surface area contributed by atoms with Crippen LogP contribution in [0, 0.1) is 0 Å². The SMILES string of the molecule is COC1(OC)CCCC(OC)(OC)C1Br. The molecular weight excluding hydrogens is 264 g/mol. The zero-order valence-electron chi connectivity index (χ0n) is 9.71. The summed E-state index contributed by atoms with van der Waals surface area (Å²) in [6.45, 7) is 0. The third-order valence-corrected chi connectivity index (χ3v) is 4.60. The van der Waals surface area contributed by atoms with Gasteiger partial charge in [-0.05, 0) is 6.42 Å². The fourth-order valence-corrected chi connectivity index (χ4v) is 3.36. The zero-order chi connectivity index (χ0) is 11.5. The molecule has 1 fully saturated rings. The van der Waals surface area contributed by atoms with Gasteiger partial charge in [-0.3, -0.25) is 0 Å². The first-order valence-electron chi connectivity index (χ1n) is 4.95. The van der Waals surface area contributed by atoms with Gasteiger partial charge in [0.1, 0.15) is 4.83 Å². The van der Waals surface area contributed by atoms with Crippen molar-refractivity contribution in [3.63, 3.8) is 0 Å². The Morgan fingerprint density at radius 2 is 1.20 bits per heavy atom. The van der Waals surface area contributed by atoms with E-state index in [9.17, 15) is 0 Å². The molecule has 15 heavy (non-hydrogen) atoms. The monoisotopic (exact) mass is 282 g/mol. The summed E-state index contributed by atoms with van der Waals surface area (Å²) in [6.07, 6.45) is 2.58. The molecule has 0 heterocycles. The van der Waals surface area contributed by atoms with Crippen LogP contribution >= 0.6 is 15.9 Å². The highest BCUT2D eigenvalue weighted by atomic mass is 79.9. The summed E-state index contributed by atoms with van der Waals surface area (Å²) in [6, 6.07) is 0. The normalized spacial score (nSPS) is 25.4. The van der Waals surface area contributed by atoms with Gasteiger partial charge in [-0.25, -0.2) is 0 Å². The fraction of sp³-hybridized carbons (Fsp3) is 1.00. The van der Waals surface area contributed by atoms with Crippen LogP contribution in [0.5, 0.6) is 0 Å². The van der Waals surface area contributed by atoms with E-state index in [0.29, 0.717) is 0 Å². The van der Waals surface area contributed by atoms with Crippen molar-refractivity contribution in [1.29, 1.82) is 0 Å². The summed E-state index contributed by atoms with van der Waals surface area (Å²) < 4.78 is 21.9. The lowest BCUT2D eigenvalue weighted by Gasteiger charge is -2.48.